The number of fused-ring (bicyclic) bond motifs is 1. The van der Waals surface area contributed by atoms with E-state index in [-0.39, 0.29) is 6.04 Å². The highest BCUT2D eigenvalue weighted by atomic mass is 16.3. The molecule has 0 aromatic heterocycles. The molecular weight excluding hydrogens is 212 g/mol. The van der Waals surface area contributed by atoms with Crippen LogP contribution in [-0.4, -0.2) is 29.8 Å². The lowest BCUT2D eigenvalue weighted by molar-refractivity contribution is 0.0334. The topological polar surface area (TPSA) is 44.3 Å². The zero-order valence-electron chi connectivity index (χ0n) is 10.7. The van der Waals surface area contributed by atoms with Gasteiger partial charge in [-0.3, -0.25) is 0 Å². The van der Waals surface area contributed by atoms with Crippen LogP contribution in [0.15, 0.2) is 24.3 Å². The first-order chi connectivity index (χ1) is 8.13. The Morgan fingerprint density at radius 3 is 2.94 bits per heavy atom. The van der Waals surface area contributed by atoms with E-state index in [4.69, 9.17) is 0 Å². The van der Waals surface area contributed by atoms with Crippen molar-refractivity contribution in [2.75, 3.05) is 18.4 Å². The monoisotopic (exact) mass is 234 g/mol. The van der Waals surface area contributed by atoms with E-state index in [1.165, 1.54) is 11.3 Å². The van der Waals surface area contributed by atoms with Gasteiger partial charge in [-0.05, 0) is 44.5 Å². The van der Waals surface area contributed by atoms with E-state index in [0.717, 1.165) is 25.9 Å². The molecule has 2 rings (SSSR count). The maximum atomic E-state index is 10.5. The fourth-order valence-electron chi connectivity index (χ4n) is 2.37. The average Bonchev–Trinajstić information content (AvgIpc) is 2.73. The lowest BCUT2D eigenvalue weighted by atomic mass is 9.90. The van der Waals surface area contributed by atoms with E-state index in [2.05, 4.69) is 35.8 Å². The summed E-state index contributed by atoms with van der Waals surface area (Å²) in [6.45, 7) is 5.82. The van der Waals surface area contributed by atoms with Crippen molar-refractivity contribution in [3.8, 4) is 0 Å². The summed E-state index contributed by atoms with van der Waals surface area (Å²) in [5.41, 5.74) is 1.81. The average molecular weight is 234 g/mol. The van der Waals surface area contributed by atoms with Crippen LogP contribution in [0.5, 0.6) is 0 Å². The Hall–Kier alpha value is -1.06. The molecule has 0 saturated carbocycles. The highest BCUT2D eigenvalue weighted by Gasteiger charge is 2.35. The number of anilines is 1. The molecule has 2 unspecified atom stereocenters. The van der Waals surface area contributed by atoms with Gasteiger partial charge in [0.15, 0.2) is 0 Å². The van der Waals surface area contributed by atoms with Crippen molar-refractivity contribution in [1.82, 2.24) is 5.32 Å². The molecule has 1 heterocycles. The van der Waals surface area contributed by atoms with Crippen LogP contribution in [0.1, 0.15) is 25.8 Å². The molecule has 0 saturated heterocycles. The first kappa shape index (κ1) is 12.4. The zero-order valence-corrected chi connectivity index (χ0v) is 10.7. The van der Waals surface area contributed by atoms with Crippen molar-refractivity contribution in [3.05, 3.63) is 29.8 Å². The summed E-state index contributed by atoms with van der Waals surface area (Å²) in [6.07, 6.45) is 1.68. The third kappa shape index (κ3) is 2.79. The van der Waals surface area contributed by atoms with Gasteiger partial charge < -0.3 is 15.7 Å². The molecule has 0 radical (unpaired) electrons. The number of benzene rings is 1. The van der Waals surface area contributed by atoms with Gasteiger partial charge in [0.05, 0.1) is 11.6 Å². The van der Waals surface area contributed by atoms with E-state index >= 15 is 0 Å². The molecule has 0 bridgehead atoms. The molecule has 2 atom stereocenters. The smallest absolute Gasteiger partial charge is 0.0835 e. The van der Waals surface area contributed by atoms with Crippen molar-refractivity contribution >= 4 is 5.69 Å². The molecule has 1 aromatic rings. The molecule has 1 aliphatic heterocycles. The summed E-state index contributed by atoms with van der Waals surface area (Å²) < 4.78 is 0. The highest BCUT2D eigenvalue weighted by molar-refractivity contribution is 5.57. The van der Waals surface area contributed by atoms with Crippen molar-refractivity contribution in [3.63, 3.8) is 0 Å². The summed E-state index contributed by atoms with van der Waals surface area (Å²) in [4.78, 5) is 0. The molecule has 1 aliphatic rings. The molecule has 3 N–H and O–H groups in total. The molecule has 0 aliphatic carbocycles. The largest absolute Gasteiger partial charge is 0.388 e. The SMILES string of the molecule is CCNCCC(C)(O)C1Cc2ccccc2N1. The highest BCUT2D eigenvalue weighted by Crippen LogP contribution is 2.31. The first-order valence-electron chi connectivity index (χ1n) is 6.41. The molecule has 0 fully saturated rings. The number of rotatable bonds is 5. The van der Waals surface area contributed by atoms with E-state index in [1.54, 1.807) is 0 Å². The van der Waals surface area contributed by atoms with Gasteiger partial charge in [-0.25, -0.2) is 0 Å². The Morgan fingerprint density at radius 2 is 2.24 bits per heavy atom. The van der Waals surface area contributed by atoms with Crippen LogP contribution >= 0.6 is 0 Å². The second-order valence-electron chi connectivity index (χ2n) is 5.02. The van der Waals surface area contributed by atoms with E-state index in [1.807, 2.05) is 13.0 Å². The van der Waals surface area contributed by atoms with E-state index in [0.29, 0.717) is 0 Å². The Kier molecular flexibility index (Phi) is 3.69. The normalized spacial score (nSPS) is 21.7. The molecule has 94 valence electrons. The quantitative estimate of drug-likeness (QED) is 0.680. The lowest BCUT2D eigenvalue weighted by Crippen LogP contribution is -2.45. The minimum absolute atomic E-state index is 0.124. The number of hydrogen-bond donors (Lipinski definition) is 3. The van der Waals surface area contributed by atoms with Gasteiger partial charge in [-0.1, -0.05) is 25.1 Å². The number of hydrogen-bond acceptors (Lipinski definition) is 3. The van der Waals surface area contributed by atoms with Crippen molar-refractivity contribution in [2.45, 2.75) is 38.3 Å². The van der Waals surface area contributed by atoms with Crippen LogP contribution in [0.2, 0.25) is 0 Å². The summed E-state index contributed by atoms with van der Waals surface area (Å²) in [5, 5.41) is 17.2. The minimum atomic E-state index is -0.665. The van der Waals surface area contributed by atoms with Crippen LogP contribution in [0.25, 0.3) is 0 Å². The van der Waals surface area contributed by atoms with E-state index in [9.17, 15) is 5.11 Å². The van der Waals surface area contributed by atoms with Gasteiger partial charge in [0.1, 0.15) is 0 Å². The Morgan fingerprint density at radius 1 is 1.47 bits per heavy atom. The van der Waals surface area contributed by atoms with Crippen molar-refractivity contribution in [2.24, 2.45) is 0 Å². The number of nitrogens with one attached hydrogen (secondary N) is 2. The van der Waals surface area contributed by atoms with Gasteiger partial charge in [-0.15, -0.1) is 0 Å². The second-order valence-corrected chi connectivity index (χ2v) is 5.02. The Balaban J connectivity index is 1.96. The molecular formula is C14H22N2O. The number of para-hydroxylation sites is 1. The van der Waals surface area contributed by atoms with Crippen LogP contribution in [-0.2, 0) is 6.42 Å². The zero-order chi connectivity index (χ0) is 12.3. The Labute approximate surface area is 103 Å². The summed E-state index contributed by atoms with van der Waals surface area (Å²) in [6, 6.07) is 8.41. The molecule has 3 nitrogen and oxygen atoms in total. The van der Waals surface area contributed by atoms with Gasteiger partial charge in [0.2, 0.25) is 0 Å². The predicted octanol–water partition coefficient (Wildman–Crippen LogP) is 1.77. The maximum absolute atomic E-state index is 10.5. The summed E-state index contributed by atoms with van der Waals surface area (Å²) >= 11 is 0. The molecule has 3 heteroatoms. The standard InChI is InChI=1S/C14H22N2O/c1-3-15-9-8-14(2,17)13-10-11-6-4-5-7-12(11)16-13/h4-7,13,15-17H,3,8-10H2,1-2H3. The predicted molar refractivity (Wildman–Crippen MR) is 71.3 cm³/mol. The van der Waals surface area contributed by atoms with Gasteiger partial charge >= 0.3 is 0 Å². The maximum Gasteiger partial charge on any atom is 0.0835 e. The molecule has 0 spiro atoms. The van der Waals surface area contributed by atoms with Gasteiger partial charge in [0.25, 0.3) is 0 Å². The van der Waals surface area contributed by atoms with Gasteiger partial charge in [0, 0.05) is 5.69 Å². The lowest BCUT2D eigenvalue weighted by Gasteiger charge is -2.30. The molecule has 0 amide bonds. The van der Waals surface area contributed by atoms with E-state index < -0.39 is 5.60 Å². The fourth-order valence-corrected chi connectivity index (χ4v) is 2.37. The van der Waals surface area contributed by atoms with Gasteiger partial charge in [-0.2, -0.15) is 0 Å². The fraction of sp³-hybridized carbons (Fsp3) is 0.571. The Bertz CT molecular complexity index is 351. The van der Waals surface area contributed by atoms with Crippen LogP contribution in [0.4, 0.5) is 5.69 Å². The van der Waals surface area contributed by atoms with Crippen LogP contribution in [0, 0.1) is 0 Å². The second kappa shape index (κ2) is 5.07. The third-order valence-electron chi connectivity index (χ3n) is 3.58. The molecule has 17 heavy (non-hydrogen) atoms. The van der Waals surface area contributed by atoms with Crippen molar-refractivity contribution in [1.29, 1.82) is 0 Å². The van der Waals surface area contributed by atoms with Crippen LogP contribution < -0.4 is 10.6 Å². The number of aliphatic hydroxyl groups is 1. The van der Waals surface area contributed by atoms with Crippen molar-refractivity contribution < 1.29 is 5.11 Å². The summed E-state index contributed by atoms with van der Waals surface area (Å²) in [7, 11) is 0. The first-order valence-corrected chi connectivity index (χ1v) is 6.41. The van der Waals surface area contributed by atoms with Crippen LogP contribution in [0.3, 0.4) is 0 Å². The molecule has 1 aromatic carbocycles. The third-order valence-corrected chi connectivity index (χ3v) is 3.58. The minimum Gasteiger partial charge on any atom is -0.388 e. The summed E-state index contributed by atoms with van der Waals surface area (Å²) in [5.74, 6) is 0.